The van der Waals surface area contributed by atoms with Crippen molar-refractivity contribution in [3.05, 3.63) is 16.9 Å². The van der Waals surface area contributed by atoms with E-state index in [9.17, 15) is 0 Å². The van der Waals surface area contributed by atoms with E-state index in [0.717, 1.165) is 17.1 Å². The van der Waals surface area contributed by atoms with Crippen LogP contribution in [0.3, 0.4) is 0 Å². The van der Waals surface area contributed by atoms with E-state index in [1.165, 1.54) is 19.3 Å². The van der Waals surface area contributed by atoms with Gasteiger partial charge >= 0.3 is 0 Å². The molecule has 1 aromatic rings. The minimum atomic E-state index is 0.286. The van der Waals surface area contributed by atoms with E-state index in [1.807, 2.05) is 7.05 Å². The van der Waals surface area contributed by atoms with Crippen LogP contribution in [0.1, 0.15) is 71.2 Å². The number of nitrogens with one attached hydrogen (secondary N) is 1. The first-order valence-electron chi connectivity index (χ1n) is 7.46. The van der Waals surface area contributed by atoms with E-state index < -0.39 is 0 Å². The van der Waals surface area contributed by atoms with E-state index in [0.29, 0.717) is 12.0 Å². The molecule has 0 fully saturated rings. The monoisotopic (exact) mass is 285 g/mol. The molecule has 4 heteroatoms. The third kappa shape index (κ3) is 3.96. The van der Waals surface area contributed by atoms with E-state index in [2.05, 4.69) is 42.8 Å². The van der Waals surface area contributed by atoms with Crippen molar-refractivity contribution in [1.82, 2.24) is 15.1 Å². The third-order valence-corrected chi connectivity index (χ3v) is 4.10. The molecule has 0 aliphatic carbocycles. The summed E-state index contributed by atoms with van der Waals surface area (Å²) in [6.45, 7) is 8.79. The number of hydrogen-bond acceptors (Lipinski definition) is 2. The fourth-order valence-electron chi connectivity index (χ4n) is 2.72. The van der Waals surface area contributed by atoms with Gasteiger partial charge in [0, 0.05) is 6.04 Å². The molecule has 0 amide bonds. The van der Waals surface area contributed by atoms with Gasteiger partial charge in [-0.05, 0) is 33.2 Å². The zero-order chi connectivity index (χ0) is 14.4. The lowest BCUT2D eigenvalue weighted by molar-refractivity contribution is 0.316. The first-order valence-corrected chi connectivity index (χ1v) is 7.84. The normalized spacial score (nSPS) is 14.9. The first-order chi connectivity index (χ1) is 9.06. The van der Waals surface area contributed by atoms with Crippen molar-refractivity contribution in [3.63, 3.8) is 0 Å². The highest BCUT2D eigenvalue weighted by Crippen LogP contribution is 2.34. The van der Waals surface area contributed by atoms with E-state index in [4.69, 9.17) is 11.6 Å². The van der Waals surface area contributed by atoms with Crippen LogP contribution in [0.5, 0.6) is 0 Å². The summed E-state index contributed by atoms with van der Waals surface area (Å²) in [6, 6.07) is 0.621. The summed E-state index contributed by atoms with van der Waals surface area (Å²) in [5, 5.41) is 8.66. The van der Waals surface area contributed by atoms with Gasteiger partial charge in [0.05, 0.1) is 23.0 Å². The van der Waals surface area contributed by atoms with Crippen molar-refractivity contribution >= 4 is 11.6 Å². The zero-order valence-electron chi connectivity index (χ0n) is 12.9. The molecule has 0 saturated carbocycles. The summed E-state index contributed by atoms with van der Waals surface area (Å²) in [5.41, 5.74) is 1.14. The van der Waals surface area contributed by atoms with Gasteiger partial charge in [0.15, 0.2) is 0 Å². The molecule has 2 atom stereocenters. The molecular weight excluding hydrogens is 258 g/mol. The predicted molar refractivity (Wildman–Crippen MR) is 82.7 cm³/mol. The predicted octanol–water partition coefficient (Wildman–Crippen LogP) is 4.59. The zero-order valence-corrected chi connectivity index (χ0v) is 13.7. The molecule has 110 valence electrons. The summed E-state index contributed by atoms with van der Waals surface area (Å²) in [4.78, 5) is 0. The van der Waals surface area contributed by atoms with Gasteiger partial charge < -0.3 is 5.32 Å². The standard InChI is InChI=1S/C15H28ClN3/c1-6-8-9-12(7-2)14(17-5)15-13(16)10-18-19(15)11(3)4/h10-12,14,17H,6-9H2,1-5H3. The van der Waals surface area contributed by atoms with Crippen molar-refractivity contribution < 1.29 is 0 Å². The van der Waals surface area contributed by atoms with Gasteiger partial charge in [-0.15, -0.1) is 0 Å². The fourth-order valence-corrected chi connectivity index (χ4v) is 2.97. The Balaban J connectivity index is 3.03. The second-order valence-corrected chi connectivity index (χ2v) is 5.90. The van der Waals surface area contributed by atoms with Gasteiger partial charge in [-0.25, -0.2) is 0 Å². The average Bonchev–Trinajstić information content (AvgIpc) is 2.76. The maximum absolute atomic E-state index is 6.37. The van der Waals surface area contributed by atoms with Crippen molar-refractivity contribution in [2.45, 2.75) is 65.5 Å². The molecule has 1 N–H and O–H groups in total. The maximum Gasteiger partial charge on any atom is 0.0834 e. The van der Waals surface area contributed by atoms with Crippen LogP contribution in [0.4, 0.5) is 0 Å². The summed E-state index contributed by atoms with van der Waals surface area (Å²) in [7, 11) is 2.02. The van der Waals surface area contributed by atoms with Gasteiger partial charge in [0.1, 0.15) is 0 Å². The maximum atomic E-state index is 6.37. The van der Waals surface area contributed by atoms with Crippen LogP contribution >= 0.6 is 11.6 Å². The molecule has 3 nitrogen and oxygen atoms in total. The Morgan fingerprint density at radius 3 is 2.53 bits per heavy atom. The number of aromatic nitrogens is 2. The van der Waals surface area contributed by atoms with Crippen molar-refractivity contribution in [2.75, 3.05) is 7.05 Å². The van der Waals surface area contributed by atoms with Crippen LogP contribution in [-0.4, -0.2) is 16.8 Å². The molecular formula is C15H28ClN3. The Labute approximate surface area is 122 Å². The second kappa shape index (κ2) is 7.91. The molecule has 1 aromatic heterocycles. The lowest BCUT2D eigenvalue weighted by Gasteiger charge is -2.28. The second-order valence-electron chi connectivity index (χ2n) is 5.49. The van der Waals surface area contributed by atoms with Crippen LogP contribution < -0.4 is 5.32 Å². The largest absolute Gasteiger partial charge is 0.311 e. The highest BCUT2D eigenvalue weighted by molar-refractivity contribution is 6.31. The number of halogens is 1. The van der Waals surface area contributed by atoms with Crippen LogP contribution in [0.25, 0.3) is 0 Å². The van der Waals surface area contributed by atoms with Crippen LogP contribution in [0, 0.1) is 5.92 Å². The third-order valence-electron chi connectivity index (χ3n) is 3.81. The highest BCUT2D eigenvalue weighted by Gasteiger charge is 2.26. The fraction of sp³-hybridized carbons (Fsp3) is 0.800. The van der Waals surface area contributed by atoms with Gasteiger partial charge in [-0.2, -0.15) is 5.10 Å². The molecule has 1 rings (SSSR count). The van der Waals surface area contributed by atoms with Crippen molar-refractivity contribution in [2.24, 2.45) is 5.92 Å². The molecule has 0 aliphatic heterocycles. The molecule has 0 aromatic carbocycles. The van der Waals surface area contributed by atoms with Gasteiger partial charge in [-0.3, -0.25) is 4.68 Å². The van der Waals surface area contributed by atoms with E-state index >= 15 is 0 Å². The Morgan fingerprint density at radius 2 is 2.05 bits per heavy atom. The molecule has 2 unspecified atom stereocenters. The quantitative estimate of drug-likeness (QED) is 0.757. The number of unbranched alkanes of at least 4 members (excludes halogenated alkanes) is 1. The lowest BCUT2D eigenvalue weighted by Crippen LogP contribution is -2.28. The molecule has 0 saturated heterocycles. The lowest BCUT2D eigenvalue weighted by atomic mass is 9.89. The number of hydrogen-bond donors (Lipinski definition) is 1. The Hall–Kier alpha value is -0.540. The Morgan fingerprint density at radius 1 is 1.37 bits per heavy atom. The minimum absolute atomic E-state index is 0.286. The minimum Gasteiger partial charge on any atom is -0.311 e. The van der Waals surface area contributed by atoms with Gasteiger partial charge in [0.25, 0.3) is 0 Å². The average molecular weight is 286 g/mol. The van der Waals surface area contributed by atoms with Crippen LogP contribution in [0.15, 0.2) is 6.20 Å². The smallest absolute Gasteiger partial charge is 0.0834 e. The summed E-state index contributed by atoms with van der Waals surface area (Å²) in [6.07, 6.45) is 6.67. The Kier molecular flexibility index (Phi) is 6.87. The highest BCUT2D eigenvalue weighted by atomic mass is 35.5. The topological polar surface area (TPSA) is 29.9 Å². The van der Waals surface area contributed by atoms with E-state index in [1.54, 1.807) is 6.20 Å². The molecule has 1 heterocycles. The van der Waals surface area contributed by atoms with Crippen molar-refractivity contribution in [3.8, 4) is 0 Å². The first kappa shape index (κ1) is 16.5. The van der Waals surface area contributed by atoms with Gasteiger partial charge in [-0.1, -0.05) is 44.7 Å². The Bertz CT molecular complexity index is 373. The molecule has 0 radical (unpaired) electrons. The number of nitrogens with zero attached hydrogens (tertiary/aromatic N) is 2. The summed E-state index contributed by atoms with van der Waals surface area (Å²) < 4.78 is 2.05. The van der Waals surface area contributed by atoms with Crippen LogP contribution in [0.2, 0.25) is 5.02 Å². The molecule has 0 spiro atoms. The number of rotatable bonds is 8. The molecule has 19 heavy (non-hydrogen) atoms. The van der Waals surface area contributed by atoms with Crippen LogP contribution in [-0.2, 0) is 0 Å². The van der Waals surface area contributed by atoms with Gasteiger partial charge in [0.2, 0.25) is 0 Å². The van der Waals surface area contributed by atoms with Crippen molar-refractivity contribution in [1.29, 1.82) is 0 Å². The summed E-state index contributed by atoms with van der Waals surface area (Å²) in [5.74, 6) is 0.608. The molecule has 0 bridgehead atoms. The summed E-state index contributed by atoms with van der Waals surface area (Å²) >= 11 is 6.37. The SMILES string of the molecule is CCCCC(CC)C(NC)c1c(Cl)cnn1C(C)C. The van der Waals surface area contributed by atoms with E-state index in [-0.39, 0.29) is 6.04 Å². The molecule has 0 aliphatic rings.